The minimum absolute atomic E-state index is 0.0537. The number of carbonyl (C=O) groups excluding carboxylic acids is 1. The fraction of sp³-hybridized carbons (Fsp3) is 0.360. The number of fused-ring (bicyclic) bond motifs is 1. The molecule has 2 fully saturated rings. The first-order chi connectivity index (χ1) is 16.2. The number of aliphatic hydroxyl groups is 1. The molecule has 5 nitrogen and oxygen atoms in total. The van der Waals surface area contributed by atoms with E-state index in [1.54, 1.807) is 35.2 Å². The third-order valence-corrected chi connectivity index (χ3v) is 7.02. The molecule has 178 valence electrons. The van der Waals surface area contributed by atoms with Gasteiger partial charge in [-0.15, -0.1) is 0 Å². The maximum Gasteiger partial charge on any atom is 0.416 e. The first kappa shape index (κ1) is 22.9. The second-order valence-electron chi connectivity index (χ2n) is 8.97. The Kier molecular flexibility index (Phi) is 5.90. The van der Waals surface area contributed by atoms with Crippen molar-refractivity contribution in [2.45, 2.75) is 44.0 Å². The number of carbonyl (C=O) groups is 1. The predicted octanol–water partition coefficient (Wildman–Crippen LogP) is 5.59. The fourth-order valence-electron chi connectivity index (χ4n) is 4.91. The highest BCUT2D eigenvalue weighted by Crippen LogP contribution is 2.39. The Morgan fingerprint density at radius 1 is 1.06 bits per heavy atom. The van der Waals surface area contributed by atoms with Crippen LogP contribution in [0.15, 0.2) is 54.6 Å². The first-order valence-corrected chi connectivity index (χ1v) is 11.6. The maximum atomic E-state index is 13.5. The summed E-state index contributed by atoms with van der Waals surface area (Å²) in [5.74, 6) is -0.0165. The van der Waals surface area contributed by atoms with Crippen molar-refractivity contribution in [2.24, 2.45) is 5.92 Å². The summed E-state index contributed by atoms with van der Waals surface area (Å²) in [5, 5.41) is 15.1. The standard InChI is InChI=1S/C25H23ClF3N3O2/c26-18-5-2-6-19(13-18)32-23(15-3-1-4-17(11-15)25(27,28)29)14-21(30-32)24(34)31-10-9-20(33)12-16-7-8-22(16)31/h1-6,11,13-14,16,20,22,33H,7-10,12H2/t16?,20-,22?/m0/s1. The number of aliphatic hydroxyl groups excluding tert-OH is 1. The Hall–Kier alpha value is -2.84. The minimum Gasteiger partial charge on any atom is -0.393 e. The fourth-order valence-corrected chi connectivity index (χ4v) is 5.09. The van der Waals surface area contributed by atoms with Gasteiger partial charge in [-0.3, -0.25) is 4.79 Å². The van der Waals surface area contributed by atoms with Crippen LogP contribution >= 0.6 is 11.6 Å². The minimum atomic E-state index is -4.50. The van der Waals surface area contributed by atoms with Gasteiger partial charge in [-0.25, -0.2) is 4.68 Å². The number of hydrogen-bond acceptors (Lipinski definition) is 3. The lowest BCUT2D eigenvalue weighted by Gasteiger charge is -2.42. The topological polar surface area (TPSA) is 58.4 Å². The van der Waals surface area contributed by atoms with Crippen molar-refractivity contribution in [1.29, 1.82) is 0 Å². The normalized spacial score (nSPS) is 22.6. The molecule has 1 aliphatic heterocycles. The molecule has 34 heavy (non-hydrogen) atoms. The van der Waals surface area contributed by atoms with E-state index in [4.69, 9.17) is 11.6 Å². The summed E-state index contributed by atoms with van der Waals surface area (Å²) < 4.78 is 41.6. The van der Waals surface area contributed by atoms with Gasteiger partial charge in [0.25, 0.3) is 5.91 Å². The molecule has 1 aromatic heterocycles. The third kappa shape index (κ3) is 4.32. The molecule has 5 rings (SSSR count). The van der Waals surface area contributed by atoms with E-state index in [1.807, 2.05) is 0 Å². The van der Waals surface area contributed by atoms with E-state index in [-0.39, 0.29) is 29.1 Å². The highest BCUT2D eigenvalue weighted by molar-refractivity contribution is 6.30. The van der Waals surface area contributed by atoms with Crippen molar-refractivity contribution in [3.8, 4) is 16.9 Å². The number of alkyl halides is 3. The average molecular weight is 490 g/mol. The first-order valence-electron chi connectivity index (χ1n) is 11.2. The summed E-state index contributed by atoms with van der Waals surface area (Å²) in [4.78, 5) is 15.3. The number of halogens is 4. The van der Waals surface area contributed by atoms with Crippen LogP contribution in [-0.4, -0.2) is 44.4 Å². The number of aromatic nitrogens is 2. The number of likely N-dealkylation sites (tertiary alicyclic amines) is 1. The van der Waals surface area contributed by atoms with Gasteiger partial charge in [0.15, 0.2) is 5.69 Å². The molecule has 1 saturated heterocycles. The van der Waals surface area contributed by atoms with E-state index in [0.717, 1.165) is 25.0 Å². The zero-order valence-electron chi connectivity index (χ0n) is 18.2. The molecule has 9 heteroatoms. The van der Waals surface area contributed by atoms with Gasteiger partial charge in [0.1, 0.15) is 0 Å². The summed E-state index contributed by atoms with van der Waals surface area (Å²) >= 11 is 6.16. The number of hydrogen-bond donors (Lipinski definition) is 1. The van der Waals surface area contributed by atoms with E-state index in [0.29, 0.717) is 35.8 Å². The van der Waals surface area contributed by atoms with E-state index in [2.05, 4.69) is 5.10 Å². The van der Waals surface area contributed by atoms with Crippen molar-refractivity contribution in [3.63, 3.8) is 0 Å². The quantitative estimate of drug-likeness (QED) is 0.522. The van der Waals surface area contributed by atoms with Gasteiger partial charge in [-0.05, 0) is 68.0 Å². The van der Waals surface area contributed by atoms with Crippen LogP contribution in [0, 0.1) is 5.92 Å². The highest BCUT2D eigenvalue weighted by Gasteiger charge is 2.42. The summed E-state index contributed by atoms with van der Waals surface area (Å²) in [7, 11) is 0. The van der Waals surface area contributed by atoms with Gasteiger partial charge < -0.3 is 10.0 Å². The summed E-state index contributed by atoms with van der Waals surface area (Å²) in [6.07, 6.45) is -1.91. The lowest BCUT2D eigenvalue weighted by atomic mass is 9.76. The highest BCUT2D eigenvalue weighted by atomic mass is 35.5. The van der Waals surface area contributed by atoms with Crippen molar-refractivity contribution >= 4 is 17.5 Å². The molecular weight excluding hydrogens is 467 g/mol. The van der Waals surface area contributed by atoms with Crippen LogP contribution in [-0.2, 0) is 6.18 Å². The van der Waals surface area contributed by atoms with E-state index < -0.39 is 17.8 Å². The Balaban J connectivity index is 1.58. The Labute approximate surface area is 199 Å². The molecule has 0 bridgehead atoms. The second-order valence-corrected chi connectivity index (χ2v) is 9.40. The summed E-state index contributed by atoms with van der Waals surface area (Å²) in [5.41, 5.74) is 0.544. The molecule has 1 amide bonds. The third-order valence-electron chi connectivity index (χ3n) is 6.78. The van der Waals surface area contributed by atoms with Crippen LogP contribution in [0.4, 0.5) is 13.2 Å². The lowest BCUT2D eigenvalue weighted by Crippen LogP contribution is -2.49. The van der Waals surface area contributed by atoms with Gasteiger partial charge >= 0.3 is 6.18 Å². The molecule has 3 atom stereocenters. The predicted molar refractivity (Wildman–Crippen MR) is 122 cm³/mol. The number of nitrogens with zero attached hydrogens (tertiary/aromatic N) is 3. The van der Waals surface area contributed by atoms with E-state index in [9.17, 15) is 23.1 Å². The Morgan fingerprint density at radius 2 is 1.85 bits per heavy atom. The smallest absolute Gasteiger partial charge is 0.393 e. The second kappa shape index (κ2) is 8.74. The van der Waals surface area contributed by atoms with Crippen LogP contribution in [0.1, 0.15) is 41.7 Å². The lowest BCUT2D eigenvalue weighted by molar-refractivity contribution is -0.137. The molecule has 0 radical (unpaired) electrons. The zero-order valence-corrected chi connectivity index (χ0v) is 18.9. The van der Waals surface area contributed by atoms with Crippen LogP contribution in [0.3, 0.4) is 0 Å². The number of amides is 1. The molecule has 0 spiro atoms. The zero-order chi connectivity index (χ0) is 24.0. The molecule has 1 saturated carbocycles. The van der Waals surface area contributed by atoms with Crippen LogP contribution in [0.2, 0.25) is 5.02 Å². The van der Waals surface area contributed by atoms with Gasteiger partial charge in [-0.1, -0.05) is 29.8 Å². The van der Waals surface area contributed by atoms with Gasteiger partial charge in [-0.2, -0.15) is 18.3 Å². The van der Waals surface area contributed by atoms with Gasteiger partial charge in [0, 0.05) is 23.2 Å². The van der Waals surface area contributed by atoms with E-state index in [1.165, 1.54) is 16.8 Å². The van der Waals surface area contributed by atoms with E-state index >= 15 is 0 Å². The van der Waals surface area contributed by atoms with Crippen LogP contribution in [0.25, 0.3) is 16.9 Å². The van der Waals surface area contributed by atoms with Gasteiger partial charge in [0.05, 0.1) is 23.0 Å². The van der Waals surface area contributed by atoms with Crippen molar-refractivity contribution in [3.05, 3.63) is 70.9 Å². The SMILES string of the molecule is O=C(c1cc(-c2cccc(C(F)(F)F)c2)n(-c2cccc(Cl)c2)n1)N1CC[C@H](O)CC2CCC21. The summed E-state index contributed by atoms with van der Waals surface area (Å²) in [6, 6.07) is 13.3. The number of rotatable bonds is 3. The van der Waals surface area contributed by atoms with Crippen molar-refractivity contribution < 1.29 is 23.1 Å². The molecule has 1 N–H and O–H groups in total. The number of benzene rings is 2. The molecule has 3 aromatic rings. The largest absolute Gasteiger partial charge is 0.416 e. The molecule has 2 aromatic carbocycles. The van der Waals surface area contributed by atoms with Crippen molar-refractivity contribution in [1.82, 2.24) is 14.7 Å². The molecule has 2 aliphatic rings. The average Bonchev–Trinajstić information content (AvgIpc) is 3.20. The van der Waals surface area contributed by atoms with Gasteiger partial charge in [0.2, 0.25) is 0 Å². The molecule has 1 aliphatic carbocycles. The molecular formula is C25H23ClF3N3O2. The Bertz CT molecular complexity index is 1230. The Morgan fingerprint density at radius 3 is 2.56 bits per heavy atom. The van der Waals surface area contributed by atoms with Crippen molar-refractivity contribution in [2.75, 3.05) is 6.54 Å². The van der Waals surface area contributed by atoms with Crippen LogP contribution < -0.4 is 0 Å². The molecule has 2 heterocycles. The van der Waals surface area contributed by atoms with Crippen LogP contribution in [0.5, 0.6) is 0 Å². The molecule has 2 unspecified atom stereocenters. The summed E-state index contributed by atoms with van der Waals surface area (Å²) in [6.45, 7) is 0.421. The maximum absolute atomic E-state index is 13.5. The monoisotopic (exact) mass is 489 g/mol.